The van der Waals surface area contributed by atoms with E-state index in [2.05, 4.69) is 10.1 Å². The molecule has 1 saturated carbocycles. The molecule has 2 heterocycles. The third kappa shape index (κ3) is 3.54. The van der Waals surface area contributed by atoms with Gasteiger partial charge in [0, 0.05) is 25.4 Å². The zero-order valence-electron chi connectivity index (χ0n) is 13.8. The van der Waals surface area contributed by atoms with E-state index in [9.17, 15) is 9.59 Å². The number of nitrogens with zero attached hydrogens (tertiary/aromatic N) is 4. The predicted molar refractivity (Wildman–Crippen MR) is 82.4 cm³/mol. The van der Waals surface area contributed by atoms with Crippen molar-refractivity contribution >= 4 is 11.8 Å². The minimum Gasteiger partial charge on any atom is -0.339 e. The van der Waals surface area contributed by atoms with Crippen LogP contribution in [0, 0.1) is 0 Å². The van der Waals surface area contributed by atoms with Gasteiger partial charge in [0.05, 0.1) is 13.1 Å². The first-order valence-corrected chi connectivity index (χ1v) is 8.40. The highest BCUT2D eigenvalue weighted by Gasteiger charge is 2.30. The molecule has 1 aromatic heterocycles. The molecule has 2 aliphatic rings. The van der Waals surface area contributed by atoms with Crippen molar-refractivity contribution in [3.05, 3.63) is 11.7 Å². The summed E-state index contributed by atoms with van der Waals surface area (Å²) in [4.78, 5) is 31.7. The third-order valence-electron chi connectivity index (χ3n) is 4.93. The van der Waals surface area contributed by atoms with Gasteiger partial charge in [-0.15, -0.1) is 0 Å². The predicted octanol–water partition coefficient (Wildman–Crippen LogP) is 1.70. The molecular formula is C16H24N4O3. The quantitative estimate of drug-likeness (QED) is 0.825. The first-order chi connectivity index (χ1) is 11.0. The lowest BCUT2D eigenvalue weighted by molar-refractivity contribution is -0.138. The van der Waals surface area contributed by atoms with Crippen LogP contribution in [0.1, 0.15) is 63.1 Å². The number of amides is 2. The van der Waals surface area contributed by atoms with Crippen LogP contribution in [-0.4, -0.2) is 51.4 Å². The number of aromatic nitrogens is 2. The molecule has 0 spiro atoms. The van der Waals surface area contributed by atoms with E-state index in [0.29, 0.717) is 30.6 Å². The van der Waals surface area contributed by atoms with Gasteiger partial charge in [0.1, 0.15) is 0 Å². The summed E-state index contributed by atoms with van der Waals surface area (Å²) in [5.74, 6) is 1.56. The largest absolute Gasteiger partial charge is 0.339 e. The van der Waals surface area contributed by atoms with Crippen LogP contribution in [0.5, 0.6) is 0 Å². The number of rotatable bonds is 5. The van der Waals surface area contributed by atoms with Gasteiger partial charge in [-0.2, -0.15) is 4.98 Å². The monoisotopic (exact) mass is 320 g/mol. The number of likely N-dealkylation sites (N-methyl/N-ethyl adjacent to an activating group) is 1. The molecule has 1 aliphatic heterocycles. The zero-order valence-corrected chi connectivity index (χ0v) is 13.8. The molecule has 0 bridgehead atoms. The van der Waals surface area contributed by atoms with Gasteiger partial charge < -0.3 is 14.3 Å². The van der Waals surface area contributed by atoms with Gasteiger partial charge in [0.2, 0.25) is 17.7 Å². The second-order valence-corrected chi connectivity index (χ2v) is 6.69. The molecule has 7 nitrogen and oxygen atoms in total. The number of carbonyl (C=O) groups excluding carboxylic acids is 2. The minimum atomic E-state index is -0.0979. The lowest BCUT2D eigenvalue weighted by Gasteiger charge is -2.24. The van der Waals surface area contributed by atoms with E-state index in [4.69, 9.17) is 4.52 Å². The standard InChI is InChI=1S/C16H24N4O3/c1-11-7-8-14(21)20(11)10-15(22)19(2)9-13-17-16(23-18-13)12-5-3-4-6-12/h11-12H,3-10H2,1-2H3/t11-/m0/s1. The summed E-state index contributed by atoms with van der Waals surface area (Å²) >= 11 is 0. The highest BCUT2D eigenvalue weighted by molar-refractivity contribution is 5.86. The maximum absolute atomic E-state index is 12.3. The van der Waals surface area contributed by atoms with Crippen molar-refractivity contribution in [1.29, 1.82) is 0 Å². The maximum atomic E-state index is 12.3. The number of likely N-dealkylation sites (tertiary alicyclic amines) is 1. The van der Waals surface area contributed by atoms with Crippen molar-refractivity contribution in [3.8, 4) is 0 Å². The molecule has 3 rings (SSSR count). The molecule has 2 amide bonds. The summed E-state index contributed by atoms with van der Waals surface area (Å²) in [5, 5.41) is 3.98. The molecule has 126 valence electrons. The molecule has 0 radical (unpaired) electrons. The van der Waals surface area contributed by atoms with Crippen molar-refractivity contribution < 1.29 is 14.1 Å². The minimum absolute atomic E-state index is 0.0577. The van der Waals surface area contributed by atoms with Crippen LogP contribution in [0.4, 0.5) is 0 Å². The fourth-order valence-corrected chi connectivity index (χ4v) is 3.36. The summed E-state index contributed by atoms with van der Waals surface area (Å²) in [5.41, 5.74) is 0. The van der Waals surface area contributed by atoms with Crippen LogP contribution in [-0.2, 0) is 16.1 Å². The van der Waals surface area contributed by atoms with Gasteiger partial charge in [0.15, 0.2) is 5.82 Å². The van der Waals surface area contributed by atoms with Gasteiger partial charge in [-0.05, 0) is 26.2 Å². The SMILES string of the molecule is C[C@H]1CCC(=O)N1CC(=O)N(C)Cc1noc(C2CCCC2)n1. The Morgan fingerprint density at radius 2 is 2.09 bits per heavy atom. The van der Waals surface area contributed by atoms with Gasteiger partial charge in [-0.3, -0.25) is 9.59 Å². The summed E-state index contributed by atoms with van der Waals surface area (Å²) in [7, 11) is 1.71. The van der Waals surface area contributed by atoms with Crippen LogP contribution in [0.25, 0.3) is 0 Å². The second kappa shape index (κ2) is 6.68. The summed E-state index contributed by atoms with van der Waals surface area (Å²) in [6.07, 6.45) is 5.99. The van der Waals surface area contributed by atoms with Gasteiger partial charge >= 0.3 is 0 Å². The molecule has 1 aliphatic carbocycles. The smallest absolute Gasteiger partial charge is 0.242 e. The van der Waals surface area contributed by atoms with Crippen LogP contribution in [0.15, 0.2) is 4.52 Å². The fraction of sp³-hybridized carbons (Fsp3) is 0.750. The van der Waals surface area contributed by atoms with E-state index in [-0.39, 0.29) is 24.4 Å². The number of carbonyl (C=O) groups is 2. The fourth-order valence-electron chi connectivity index (χ4n) is 3.36. The second-order valence-electron chi connectivity index (χ2n) is 6.69. The van der Waals surface area contributed by atoms with Crippen LogP contribution in [0.2, 0.25) is 0 Å². The summed E-state index contributed by atoms with van der Waals surface area (Å²) < 4.78 is 5.33. The molecule has 0 N–H and O–H groups in total. The Morgan fingerprint density at radius 1 is 1.35 bits per heavy atom. The van der Waals surface area contributed by atoms with Crippen LogP contribution < -0.4 is 0 Å². The lowest BCUT2D eigenvalue weighted by atomic mass is 10.1. The van der Waals surface area contributed by atoms with E-state index in [1.54, 1.807) is 16.8 Å². The molecule has 0 unspecified atom stereocenters. The molecule has 0 aromatic carbocycles. The highest BCUT2D eigenvalue weighted by atomic mass is 16.5. The first-order valence-electron chi connectivity index (χ1n) is 8.40. The van der Waals surface area contributed by atoms with E-state index in [1.807, 2.05) is 6.92 Å². The highest BCUT2D eigenvalue weighted by Crippen LogP contribution is 2.32. The number of hydrogen-bond acceptors (Lipinski definition) is 5. The average Bonchev–Trinajstić information content (AvgIpc) is 3.24. The van der Waals surface area contributed by atoms with Gasteiger partial charge in [-0.1, -0.05) is 18.0 Å². The van der Waals surface area contributed by atoms with Crippen molar-refractivity contribution in [3.63, 3.8) is 0 Å². The van der Waals surface area contributed by atoms with Crippen LogP contribution >= 0.6 is 0 Å². The normalized spacial score (nSPS) is 22.1. The Bertz CT molecular complexity index is 580. The summed E-state index contributed by atoms with van der Waals surface area (Å²) in [6, 6.07) is 0.138. The Morgan fingerprint density at radius 3 is 2.74 bits per heavy atom. The third-order valence-corrected chi connectivity index (χ3v) is 4.93. The molecule has 1 saturated heterocycles. The zero-order chi connectivity index (χ0) is 16.4. The molecule has 1 aromatic rings. The molecule has 7 heteroatoms. The summed E-state index contributed by atoms with van der Waals surface area (Å²) in [6.45, 7) is 2.42. The van der Waals surface area contributed by atoms with Gasteiger partial charge in [0.25, 0.3) is 0 Å². The average molecular weight is 320 g/mol. The Kier molecular flexibility index (Phi) is 4.63. The molecule has 1 atom stereocenters. The van der Waals surface area contributed by atoms with E-state index in [0.717, 1.165) is 19.3 Å². The van der Waals surface area contributed by atoms with E-state index in [1.165, 1.54) is 12.8 Å². The van der Waals surface area contributed by atoms with E-state index >= 15 is 0 Å². The Hall–Kier alpha value is -1.92. The van der Waals surface area contributed by atoms with E-state index < -0.39 is 0 Å². The number of hydrogen-bond donors (Lipinski definition) is 0. The van der Waals surface area contributed by atoms with Crippen LogP contribution in [0.3, 0.4) is 0 Å². The van der Waals surface area contributed by atoms with Crippen molar-refractivity contribution in [2.45, 2.75) is 64.0 Å². The topological polar surface area (TPSA) is 79.5 Å². The maximum Gasteiger partial charge on any atom is 0.242 e. The molecular weight excluding hydrogens is 296 g/mol. The Labute approximate surface area is 136 Å². The van der Waals surface area contributed by atoms with Crippen molar-refractivity contribution in [2.24, 2.45) is 0 Å². The van der Waals surface area contributed by atoms with Gasteiger partial charge in [-0.25, -0.2) is 0 Å². The van der Waals surface area contributed by atoms with Crippen molar-refractivity contribution in [1.82, 2.24) is 19.9 Å². The molecule has 23 heavy (non-hydrogen) atoms. The first kappa shape index (κ1) is 16.0. The van der Waals surface area contributed by atoms with Crippen molar-refractivity contribution in [2.75, 3.05) is 13.6 Å². The Balaban J connectivity index is 1.55. The lowest BCUT2D eigenvalue weighted by Crippen LogP contribution is -2.41. The molecule has 2 fully saturated rings.